The second kappa shape index (κ2) is 10.4. The van der Waals surface area contributed by atoms with Crippen LogP contribution in [0.5, 0.6) is 0 Å². The van der Waals surface area contributed by atoms with E-state index in [1.54, 1.807) is 0 Å². The lowest BCUT2D eigenvalue weighted by molar-refractivity contribution is 0.200. The average Bonchev–Trinajstić information content (AvgIpc) is 3.14. The van der Waals surface area contributed by atoms with Gasteiger partial charge in [0, 0.05) is 35.7 Å². The highest BCUT2D eigenvalue weighted by Crippen LogP contribution is 2.19. The van der Waals surface area contributed by atoms with Crippen LogP contribution >= 0.6 is 11.6 Å². The maximum Gasteiger partial charge on any atom is 0.322 e. The lowest BCUT2D eigenvalue weighted by Gasteiger charge is -2.26. The first-order valence-corrected chi connectivity index (χ1v) is 10.9. The van der Waals surface area contributed by atoms with E-state index in [9.17, 15) is 4.79 Å². The smallest absolute Gasteiger partial charge is 0.322 e. The van der Waals surface area contributed by atoms with Crippen molar-refractivity contribution in [3.8, 4) is 0 Å². The van der Waals surface area contributed by atoms with Crippen molar-refractivity contribution in [3.63, 3.8) is 0 Å². The summed E-state index contributed by atoms with van der Waals surface area (Å²) in [6.07, 6.45) is 2.93. The normalized spacial score (nSPS) is 11.0. The van der Waals surface area contributed by atoms with Gasteiger partial charge in [0.05, 0.1) is 6.54 Å². The second-order valence-electron chi connectivity index (χ2n) is 7.97. The molecule has 158 valence electrons. The average molecular weight is 424 g/mol. The Balaban J connectivity index is 1.77. The highest BCUT2D eigenvalue weighted by Gasteiger charge is 2.18. The Morgan fingerprint density at radius 1 is 1.10 bits per heavy atom. The zero-order valence-electron chi connectivity index (χ0n) is 17.9. The van der Waals surface area contributed by atoms with Crippen LogP contribution in [0.2, 0.25) is 5.02 Å². The number of halogens is 1. The summed E-state index contributed by atoms with van der Waals surface area (Å²) < 4.78 is 2.17. The molecule has 3 rings (SSSR count). The van der Waals surface area contributed by atoms with Crippen molar-refractivity contribution in [2.75, 3.05) is 11.9 Å². The van der Waals surface area contributed by atoms with Gasteiger partial charge in [-0.2, -0.15) is 0 Å². The van der Waals surface area contributed by atoms with Gasteiger partial charge in [-0.25, -0.2) is 4.79 Å². The van der Waals surface area contributed by atoms with Crippen LogP contribution < -0.4 is 5.32 Å². The first kappa shape index (κ1) is 22.0. The standard InChI is InChI=1S/C25H30ClN3O/c1-4-21-10-5-6-13-24(21)27-25(30)29(16-19(2)3)18-23-12-8-14-28(23)17-20-9-7-11-22(26)15-20/h5-15,19H,4,16-18H2,1-3H3,(H,27,30). The first-order chi connectivity index (χ1) is 14.5. The number of anilines is 1. The molecule has 1 N–H and O–H groups in total. The van der Waals surface area contributed by atoms with E-state index in [0.29, 0.717) is 19.0 Å². The van der Waals surface area contributed by atoms with Crippen LogP contribution in [0.25, 0.3) is 0 Å². The molecule has 2 aromatic carbocycles. The van der Waals surface area contributed by atoms with Gasteiger partial charge in [0.25, 0.3) is 0 Å². The molecule has 0 fully saturated rings. The molecule has 4 nitrogen and oxygen atoms in total. The molecule has 1 aromatic heterocycles. The Hall–Kier alpha value is -2.72. The molecule has 30 heavy (non-hydrogen) atoms. The van der Waals surface area contributed by atoms with Crippen molar-refractivity contribution in [1.29, 1.82) is 0 Å². The fraction of sp³-hybridized carbons (Fsp3) is 0.320. The van der Waals surface area contributed by atoms with Crippen LogP contribution in [0.4, 0.5) is 10.5 Å². The van der Waals surface area contributed by atoms with E-state index in [4.69, 9.17) is 11.6 Å². The molecular weight excluding hydrogens is 394 g/mol. The minimum atomic E-state index is -0.0693. The molecule has 1 heterocycles. The van der Waals surface area contributed by atoms with E-state index >= 15 is 0 Å². The van der Waals surface area contributed by atoms with E-state index < -0.39 is 0 Å². The summed E-state index contributed by atoms with van der Waals surface area (Å²) in [5, 5.41) is 3.85. The van der Waals surface area contributed by atoms with E-state index in [2.05, 4.69) is 48.9 Å². The molecule has 0 unspecified atom stereocenters. The number of nitrogens with one attached hydrogen (secondary N) is 1. The summed E-state index contributed by atoms with van der Waals surface area (Å²) in [5.74, 6) is 0.369. The van der Waals surface area contributed by atoms with Gasteiger partial charge < -0.3 is 14.8 Å². The lowest BCUT2D eigenvalue weighted by Crippen LogP contribution is -2.37. The molecule has 5 heteroatoms. The predicted octanol–water partition coefficient (Wildman–Crippen LogP) is 6.44. The number of hydrogen-bond donors (Lipinski definition) is 1. The van der Waals surface area contributed by atoms with Gasteiger partial charge in [-0.1, -0.05) is 62.7 Å². The van der Waals surface area contributed by atoms with Gasteiger partial charge in [-0.3, -0.25) is 0 Å². The number of rotatable bonds is 8. The fourth-order valence-electron chi connectivity index (χ4n) is 3.58. The van der Waals surface area contributed by atoms with Crippen LogP contribution in [0, 0.1) is 5.92 Å². The summed E-state index contributed by atoms with van der Waals surface area (Å²) in [4.78, 5) is 15.0. The molecule has 0 aliphatic carbocycles. The number of hydrogen-bond acceptors (Lipinski definition) is 1. The number of benzene rings is 2. The Kier molecular flexibility index (Phi) is 7.58. The second-order valence-corrected chi connectivity index (χ2v) is 8.41. The Morgan fingerprint density at radius 2 is 1.90 bits per heavy atom. The molecule has 2 amide bonds. The third-order valence-electron chi connectivity index (χ3n) is 5.03. The number of carbonyl (C=O) groups excluding carboxylic acids is 1. The van der Waals surface area contributed by atoms with Crippen molar-refractivity contribution in [2.24, 2.45) is 5.92 Å². The van der Waals surface area contributed by atoms with Gasteiger partial charge in [0.2, 0.25) is 0 Å². The molecule has 3 aromatic rings. The van der Waals surface area contributed by atoms with Crippen LogP contribution in [0.15, 0.2) is 66.9 Å². The summed E-state index contributed by atoms with van der Waals surface area (Å²) in [7, 11) is 0. The Bertz CT molecular complexity index is 980. The van der Waals surface area contributed by atoms with Crippen molar-refractivity contribution < 1.29 is 4.79 Å². The SMILES string of the molecule is CCc1ccccc1NC(=O)N(Cc1cccn1Cc1cccc(Cl)c1)CC(C)C. The number of nitrogens with zero attached hydrogens (tertiary/aromatic N) is 2. The highest BCUT2D eigenvalue weighted by molar-refractivity contribution is 6.30. The molecule has 0 saturated heterocycles. The molecule has 0 radical (unpaired) electrons. The molecule has 0 saturated carbocycles. The zero-order valence-corrected chi connectivity index (χ0v) is 18.7. The maximum atomic E-state index is 13.1. The summed E-state index contributed by atoms with van der Waals surface area (Å²) in [6, 6.07) is 19.9. The van der Waals surface area contributed by atoms with Gasteiger partial charge in [0.15, 0.2) is 0 Å². The van der Waals surface area contributed by atoms with E-state index in [1.165, 1.54) is 0 Å². The van der Waals surface area contributed by atoms with Gasteiger partial charge in [-0.05, 0) is 53.8 Å². The van der Waals surface area contributed by atoms with Crippen molar-refractivity contribution in [3.05, 3.63) is 88.7 Å². The largest absolute Gasteiger partial charge is 0.345 e. The van der Waals surface area contributed by atoms with Crippen molar-refractivity contribution in [2.45, 2.75) is 40.3 Å². The first-order valence-electron chi connectivity index (χ1n) is 10.5. The highest BCUT2D eigenvalue weighted by atomic mass is 35.5. The minimum absolute atomic E-state index is 0.0693. The Morgan fingerprint density at radius 3 is 2.63 bits per heavy atom. The monoisotopic (exact) mass is 423 g/mol. The number of urea groups is 1. The maximum absolute atomic E-state index is 13.1. The van der Waals surface area contributed by atoms with Crippen molar-refractivity contribution in [1.82, 2.24) is 9.47 Å². The van der Waals surface area contributed by atoms with Crippen molar-refractivity contribution >= 4 is 23.3 Å². The summed E-state index contributed by atoms with van der Waals surface area (Å²) in [6.45, 7) is 8.31. The van der Waals surface area contributed by atoms with Gasteiger partial charge in [-0.15, -0.1) is 0 Å². The zero-order chi connectivity index (χ0) is 21.5. The van der Waals surface area contributed by atoms with Crippen LogP contribution in [0.1, 0.15) is 37.6 Å². The summed E-state index contributed by atoms with van der Waals surface area (Å²) in [5.41, 5.74) is 4.25. The van der Waals surface area contributed by atoms with Crippen LogP contribution in [-0.2, 0) is 19.5 Å². The Labute approximate surface area is 184 Å². The minimum Gasteiger partial charge on any atom is -0.345 e. The van der Waals surface area contributed by atoms with E-state index in [1.807, 2.05) is 53.6 Å². The van der Waals surface area contributed by atoms with E-state index in [0.717, 1.165) is 40.5 Å². The number of aromatic nitrogens is 1. The van der Waals surface area contributed by atoms with E-state index in [-0.39, 0.29) is 6.03 Å². The third-order valence-corrected chi connectivity index (χ3v) is 5.27. The topological polar surface area (TPSA) is 37.3 Å². The fourth-order valence-corrected chi connectivity index (χ4v) is 3.79. The predicted molar refractivity (Wildman–Crippen MR) is 125 cm³/mol. The molecule has 0 aliphatic heterocycles. The molecule has 0 bridgehead atoms. The third kappa shape index (κ3) is 5.90. The molecular formula is C25H30ClN3O. The quantitative estimate of drug-likeness (QED) is 0.444. The van der Waals surface area contributed by atoms with Gasteiger partial charge >= 0.3 is 6.03 Å². The lowest BCUT2D eigenvalue weighted by atomic mass is 10.1. The molecule has 0 spiro atoms. The number of carbonyl (C=O) groups is 1. The summed E-state index contributed by atoms with van der Waals surface area (Å²) >= 11 is 6.14. The number of amides is 2. The van der Waals surface area contributed by atoms with Gasteiger partial charge in [0.1, 0.15) is 0 Å². The van der Waals surface area contributed by atoms with Crippen LogP contribution in [0.3, 0.4) is 0 Å². The van der Waals surface area contributed by atoms with Crippen LogP contribution in [-0.4, -0.2) is 22.0 Å². The number of para-hydroxylation sites is 1. The molecule has 0 atom stereocenters. The molecule has 0 aliphatic rings. The number of aryl methyl sites for hydroxylation is 1.